The number of carbonyl (C=O) groups is 4. The largest absolute Gasteiger partial charge is 0.350 e. The maximum Gasteiger partial charge on any atom is 0.253 e. The van der Waals surface area contributed by atoms with Gasteiger partial charge in [0.15, 0.2) is 0 Å². The molecule has 20 nitrogen and oxygen atoms in total. The smallest absolute Gasteiger partial charge is 0.253 e. The summed E-state index contributed by atoms with van der Waals surface area (Å²) in [6.07, 6.45) is 10.4. The van der Waals surface area contributed by atoms with E-state index in [0.717, 1.165) is 140 Å². The number of carbonyl (C=O) groups excluding carboxylic acids is 4. The van der Waals surface area contributed by atoms with E-state index in [2.05, 4.69) is 178 Å². The number of amides is 4. The Balaban J connectivity index is 0.000000107. The van der Waals surface area contributed by atoms with Crippen molar-refractivity contribution in [2.45, 2.75) is 83.2 Å². The van der Waals surface area contributed by atoms with Crippen molar-refractivity contribution in [3.05, 3.63) is 233 Å². The molecule has 2 saturated heterocycles. The molecule has 0 saturated carbocycles. The average molecular weight is 1380 g/mol. The summed E-state index contributed by atoms with van der Waals surface area (Å²) in [5.41, 5.74) is 20.4. The first-order valence-corrected chi connectivity index (χ1v) is 36.5. The summed E-state index contributed by atoms with van der Waals surface area (Å²) in [5, 5.41) is 15.5. The van der Waals surface area contributed by atoms with Crippen LogP contribution in [0.3, 0.4) is 0 Å². The van der Waals surface area contributed by atoms with Gasteiger partial charge in [-0.1, -0.05) is 140 Å². The molecule has 0 radical (unpaired) electrons. The van der Waals surface area contributed by atoms with Gasteiger partial charge in [0.05, 0.1) is 72.1 Å². The Morgan fingerprint density at radius 1 is 0.394 bits per heavy atom. The fourth-order valence-electron chi connectivity index (χ4n) is 15.6. The quantitative estimate of drug-likeness (QED) is 0.0864. The van der Waals surface area contributed by atoms with Crippen LogP contribution >= 0.6 is 0 Å². The molecule has 104 heavy (non-hydrogen) atoms. The van der Waals surface area contributed by atoms with Crippen molar-refractivity contribution in [3.63, 3.8) is 0 Å². The van der Waals surface area contributed by atoms with Crippen molar-refractivity contribution < 1.29 is 19.2 Å². The molecule has 2 fully saturated rings. The minimum Gasteiger partial charge on any atom is -0.350 e. The summed E-state index contributed by atoms with van der Waals surface area (Å²) in [6.45, 7) is 8.68. The van der Waals surface area contributed by atoms with Gasteiger partial charge in [-0.15, -0.1) is 0 Å². The van der Waals surface area contributed by atoms with Crippen LogP contribution in [0.1, 0.15) is 109 Å². The number of benzene rings is 8. The Labute approximate surface area is 603 Å². The zero-order chi connectivity index (χ0) is 70.8. The second-order valence-corrected chi connectivity index (χ2v) is 27.8. The number of piperidine rings is 2. The van der Waals surface area contributed by atoms with E-state index in [0.29, 0.717) is 67.1 Å². The molecule has 0 spiro atoms. The van der Waals surface area contributed by atoms with Crippen LogP contribution in [0.2, 0.25) is 0 Å². The molecule has 4 amide bonds. The van der Waals surface area contributed by atoms with Gasteiger partial charge in [-0.25, -0.2) is 19.9 Å². The Kier molecular flexibility index (Phi) is 19.0. The predicted octanol–water partition coefficient (Wildman–Crippen LogP) is 12.9. The van der Waals surface area contributed by atoms with Crippen molar-refractivity contribution in [2.75, 3.05) is 67.0 Å². The zero-order valence-corrected chi connectivity index (χ0v) is 58.9. The fraction of sp³-hybridized carbons (Fsp3) is 0.274. The number of para-hydroxylation sites is 4. The Morgan fingerprint density at radius 2 is 0.788 bits per heavy atom. The van der Waals surface area contributed by atoms with Gasteiger partial charge in [0, 0.05) is 105 Å². The van der Waals surface area contributed by atoms with Crippen LogP contribution < -0.4 is 26.6 Å². The molecule has 20 heteroatoms. The second-order valence-electron chi connectivity index (χ2n) is 27.8. The van der Waals surface area contributed by atoms with Gasteiger partial charge in [0.25, 0.3) is 23.6 Å². The van der Waals surface area contributed by atoms with Crippen LogP contribution in [0.25, 0.3) is 101 Å². The number of hydrogen-bond acceptors (Lipinski definition) is 12. The van der Waals surface area contributed by atoms with Gasteiger partial charge in [-0.2, -0.15) is 0 Å². The van der Waals surface area contributed by atoms with E-state index >= 15 is 0 Å². The van der Waals surface area contributed by atoms with Crippen molar-refractivity contribution in [1.29, 1.82) is 0 Å². The molecule has 2 unspecified atom stereocenters. The molecule has 19 rings (SSSR count). The fourth-order valence-corrected chi connectivity index (χ4v) is 15.6. The summed E-state index contributed by atoms with van der Waals surface area (Å²) in [7, 11) is 6.40. The summed E-state index contributed by atoms with van der Waals surface area (Å²) >= 11 is 0. The van der Waals surface area contributed by atoms with Gasteiger partial charge in [-0.3, -0.25) is 29.1 Å². The number of imidazole rings is 4. The van der Waals surface area contributed by atoms with Crippen LogP contribution in [0, 0.1) is 0 Å². The predicted molar refractivity (Wildman–Crippen MR) is 409 cm³/mol. The van der Waals surface area contributed by atoms with Gasteiger partial charge >= 0.3 is 0 Å². The molecule has 11 heterocycles. The summed E-state index contributed by atoms with van der Waals surface area (Å²) in [4.78, 5) is 77.5. The maximum atomic E-state index is 12.3. The number of pyridine rings is 1. The van der Waals surface area contributed by atoms with Crippen molar-refractivity contribution in [1.82, 2.24) is 79.6 Å². The van der Waals surface area contributed by atoms with Gasteiger partial charge in [0.2, 0.25) is 0 Å². The minimum absolute atomic E-state index is 0.0125. The molecule has 524 valence electrons. The second kappa shape index (κ2) is 29.5. The zero-order valence-electron chi connectivity index (χ0n) is 58.9. The van der Waals surface area contributed by atoms with Crippen molar-refractivity contribution in [3.8, 4) is 56.8 Å². The molecule has 2 atom stereocenters. The first-order valence-electron chi connectivity index (χ1n) is 36.5. The third-order valence-corrected chi connectivity index (χ3v) is 20.9. The molecule has 13 aromatic rings. The topological polar surface area (TPSA) is 219 Å². The lowest BCUT2D eigenvalue weighted by Crippen LogP contribution is -2.29. The van der Waals surface area contributed by atoms with E-state index in [4.69, 9.17) is 19.9 Å². The number of rotatable bonds is 10. The maximum absolute atomic E-state index is 12.3. The summed E-state index contributed by atoms with van der Waals surface area (Å²) in [6, 6.07) is 64.3. The van der Waals surface area contributed by atoms with Crippen molar-refractivity contribution >= 4 is 67.8 Å². The molecule has 6 aliphatic heterocycles. The van der Waals surface area contributed by atoms with E-state index in [1.807, 2.05) is 91.0 Å². The van der Waals surface area contributed by atoms with Crippen LogP contribution in [-0.4, -0.2) is 144 Å². The highest BCUT2D eigenvalue weighted by Crippen LogP contribution is 2.36. The standard InChI is InChI=1S/C22H24N4O.C21H22N4O.C21H16N4O.C20H22N4O/c1-25-13-3-2-7-19(25)15-8-10-16(11-9-15)21-24-18-6-4-5-17-20(18)26(21)14-12-23-22(17)27;2*26-21-16-4-3-6-18-19(16)25(13-12-23-21)20(24-18)15-9-7-14(8-10-15)17-5-1-2-11-22-17;1-23(2)12-10-14-6-8-15(9-7-14)19-22-17-5-3-4-16-18(17)24(19)13-11-21-20(16)25/h4-6,8-11,19H,2-3,7,12-14H2,1H3,(H,23,27);3-4,6-10,17,22H,1-2,5,11-13H2,(H,23,26);1-11H,12-13H2,(H,23,26);3-9H,10-13H2,1-2H3,(H,21,25). The third kappa shape index (κ3) is 13.4. The van der Waals surface area contributed by atoms with E-state index in [1.54, 1.807) is 6.20 Å². The van der Waals surface area contributed by atoms with E-state index < -0.39 is 0 Å². The van der Waals surface area contributed by atoms with Gasteiger partial charge in [-0.05, 0) is 144 Å². The van der Waals surface area contributed by atoms with E-state index in [9.17, 15) is 19.2 Å². The van der Waals surface area contributed by atoms with Crippen LogP contribution in [-0.2, 0) is 32.6 Å². The van der Waals surface area contributed by atoms with Crippen LogP contribution in [0.15, 0.2) is 194 Å². The van der Waals surface area contributed by atoms with Gasteiger partial charge in [0.1, 0.15) is 23.3 Å². The molecule has 8 aromatic carbocycles. The van der Waals surface area contributed by atoms with Crippen LogP contribution in [0.4, 0.5) is 0 Å². The third-order valence-electron chi connectivity index (χ3n) is 20.9. The number of likely N-dealkylation sites (N-methyl/N-ethyl adjacent to an activating group) is 1. The number of aromatic nitrogens is 9. The highest BCUT2D eigenvalue weighted by Gasteiger charge is 2.28. The first-order chi connectivity index (χ1) is 51.0. The van der Waals surface area contributed by atoms with E-state index in [1.165, 1.54) is 61.8 Å². The Morgan fingerprint density at radius 3 is 1.17 bits per heavy atom. The normalized spacial score (nSPS) is 17.0. The molecular weight excluding hydrogens is 1300 g/mol. The lowest BCUT2D eigenvalue weighted by atomic mass is 9.95. The lowest BCUT2D eigenvalue weighted by molar-refractivity contribution is 0.0948. The summed E-state index contributed by atoms with van der Waals surface area (Å²) in [5.74, 6) is 3.61. The van der Waals surface area contributed by atoms with Gasteiger partial charge < -0.3 is 49.8 Å². The van der Waals surface area contributed by atoms with Crippen molar-refractivity contribution in [2.24, 2.45) is 0 Å². The molecular formula is C84H84N16O4. The molecule has 6 aliphatic rings. The molecule has 0 aliphatic carbocycles. The highest BCUT2D eigenvalue weighted by molar-refractivity contribution is 6.09. The summed E-state index contributed by atoms with van der Waals surface area (Å²) < 4.78 is 8.66. The number of hydrogen-bond donors (Lipinski definition) is 5. The average Bonchev–Trinajstić information content (AvgIpc) is 1.63. The van der Waals surface area contributed by atoms with E-state index in [-0.39, 0.29) is 23.6 Å². The Bertz CT molecular complexity index is 5340. The Hall–Kier alpha value is -11.5. The number of nitrogens with one attached hydrogen (secondary N) is 5. The minimum atomic E-state index is -0.0358. The van der Waals surface area contributed by atoms with Crippen LogP contribution in [0.5, 0.6) is 0 Å². The monoisotopic (exact) mass is 1380 g/mol. The highest BCUT2D eigenvalue weighted by atomic mass is 16.2. The molecule has 0 bridgehead atoms. The number of nitrogens with zero attached hydrogens (tertiary/aromatic N) is 11. The SMILES string of the molecule is CN(C)CCc1ccc(-c2nc3cccc4c3n2CCNC4=O)cc1.CN1CCCCC1c1ccc(-c2nc3cccc4c3n2CCNC4=O)cc1.O=C1NCCn2c(-c3ccc(-c4ccccn4)cc3)nc3cccc1c32.O=C1NCCn2c(-c3ccc(C4CCCCN4)cc3)nc3cccc1c32. The lowest BCUT2D eigenvalue weighted by Gasteiger charge is -2.32. The molecule has 5 aromatic heterocycles. The molecule has 5 N–H and O–H groups in total. The first kappa shape index (κ1) is 67.1. The number of likely N-dealkylation sites (tertiary alicyclic amines) is 1.